The zero-order chi connectivity index (χ0) is 5.98. The fraction of sp³-hybridized carbons (Fsp3) is 0.833. The maximum absolute atomic E-state index is 10.7. The van der Waals surface area contributed by atoms with Gasteiger partial charge in [0.25, 0.3) is 0 Å². The molecule has 1 aliphatic heterocycles. The number of nitrogens with zero attached hydrogens (tertiary/aromatic N) is 1. The molecule has 0 aromatic rings. The number of likely N-dealkylation sites (tertiary alicyclic amines) is 1. The monoisotopic (exact) mass is 128 g/mol. The first-order valence-corrected chi connectivity index (χ1v) is 3.12. The fourth-order valence-electron chi connectivity index (χ4n) is 1.04. The molecule has 1 amide bonds. The van der Waals surface area contributed by atoms with Crippen LogP contribution in [0.25, 0.3) is 0 Å². The summed E-state index contributed by atoms with van der Waals surface area (Å²) in [6, 6.07) is 0. The van der Waals surface area contributed by atoms with Gasteiger partial charge in [0.15, 0.2) is 0 Å². The number of carbonyl (C=O) groups excluding carboxylic acids is 1. The average Bonchev–Trinajstić information content (AvgIpc) is 2.14. The quantitative estimate of drug-likeness (QED) is 0.503. The smallest absolute Gasteiger partial charge is 0.222 e. The molecular weight excluding hydrogens is 116 g/mol. The highest BCUT2D eigenvalue weighted by molar-refractivity contribution is 5.77. The predicted octanol–water partition coefficient (Wildman–Crippen LogP) is 0.362. The van der Waals surface area contributed by atoms with Crippen molar-refractivity contribution >= 4 is 5.91 Å². The fourth-order valence-corrected chi connectivity index (χ4v) is 1.04. The van der Waals surface area contributed by atoms with Crippen LogP contribution in [0.1, 0.15) is 19.8 Å². The minimum atomic E-state index is 0. The Morgan fingerprint density at radius 2 is 2.33 bits per heavy atom. The van der Waals surface area contributed by atoms with Crippen LogP contribution in [0.3, 0.4) is 0 Å². The first-order valence-electron chi connectivity index (χ1n) is 3.12. The number of nitrogens with one attached hydrogen (secondary N) is 1. The third-order valence-electron chi connectivity index (χ3n) is 1.55. The Morgan fingerprint density at radius 3 is 2.56 bits per heavy atom. The largest absolute Gasteiger partial charge is 0.343 e. The van der Waals surface area contributed by atoms with E-state index in [0.29, 0.717) is 5.91 Å². The second-order valence-corrected chi connectivity index (χ2v) is 2.08. The SMILES string of the molecule is CCN1CCCC1=O.[NH]. The van der Waals surface area contributed by atoms with E-state index >= 15 is 0 Å². The number of amides is 1. The summed E-state index contributed by atoms with van der Waals surface area (Å²) < 4.78 is 0. The van der Waals surface area contributed by atoms with Crippen molar-refractivity contribution in [3.8, 4) is 0 Å². The van der Waals surface area contributed by atoms with Gasteiger partial charge < -0.3 is 4.90 Å². The van der Waals surface area contributed by atoms with Crippen molar-refractivity contribution in [2.75, 3.05) is 13.1 Å². The summed E-state index contributed by atoms with van der Waals surface area (Å²) in [4.78, 5) is 12.6. The third kappa shape index (κ3) is 1.68. The summed E-state index contributed by atoms with van der Waals surface area (Å²) in [6.07, 6.45) is 1.83. The van der Waals surface area contributed by atoms with Gasteiger partial charge in [-0.1, -0.05) is 0 Å². The van der Waals surface area contributed by atoms with E-state index in [2.05, 4.69) is 0 Å². The number of rotatable bonds is 1. The number of hydrogen-bond acceptors (Lipinski definition) is 1. The maximum Gasteiger partial charge on any atom is 0.222 e. The Balaban J connectivity index is 0.000000640. The lowest BCUT2D eigenvalue weighted by atomic mass is 10.4. The summed E-state index contributed by atoms with van der Waals surface area (Å²) in [7, 11) is 0. The summed E-state index contributed by atoms with van der Waals surface area (Å²) in [6.45, 7) is 3.89. The van der Waals surface area contributed by atoms with Crippen LogP contribution in [0, 0.1) is 0 Å². The Morgan fingerprint density at radius 1 is 1.67 bits per heavy atom. The summed E-state index contributed by atoms with van der Waals surface area (Å²) in [5.74, 6) is 0.326. The molecule has 1 aliphatic rings. The molecule has 0 aromatic carbocycles. The molecule has 2 radical (unpaired) electrons. The molecule has 1 heterocycles. The number of hydrogen-bond donors (Lipinski definition) is 0. The maximum atomic E-state index is 10.7. The molecule has 1 saturated heterocycles. The lowest BCUT2D eigenvalue weighted by molar-refractivity contribution is -0.127. The average molecular weight is 128 g/mol. The van der Waals surface area contributed by atoms with E-state index in [9.17, 15) is 4.79 Å². The normalized spacial score (nSPS) is 17.9. The molecule has 0 aromatic heterocycles. The summed E-state index contributed by atoms with van der Waals surface area (Å²) in [5.41, 5.74) is 0. The minimum Gasteiger partial charge on any atom is -0.343 e. The van der Waals surface area contributed by atoms with Crippen LogP contribution in [-0.4, -0.2) is 23.9 Å². The molecule has 0 unspecified atom stereocenters. The van der Waals surface area contributed by atoms with Crippen molar-refractivity contribution in [1.82, 2.24) is 11.1 Å². The van der Waals surface area contributed by atoms with Gasteiger partial charge in [0.1, 0.15) is 0 Å². The molecule has 1 rings (SSSR count). The zero-order valence-electron chi connectivity index (χ0n) is 5.68. The van der Waals surface area contributed by atoms with Crippen LogP contribution in [0.15, 0.2) is 0 Å². The Kier molecular flexibility index (Phi) is 3.24. The van der Waals surface area contributed by atoms with Crippen molar-refractivity contribution in [3.63, 3.8) is 0 Å². The Hall–Kier alpha value is -0.570. The standard InChI is InChI=1S/C6H11NO.HN/c1-2-7-5-3-4-6(7)8;/h2-5H2,1H3;1H. The molecular formula is C6H12N2O. The molecule has 0 spiro atoms. The van der Waals surface area contributed by atoms with Crippen LogP contribution in [0.4, 0.5) is 0 Å². The summed E-state index contributed by atoms with van der Waals surface area (Å²) >= 11 is 0. The molecule has 0 saturated carbocycles. The van der Waals surface area contributed by atoms with Crippen LogP contribution in [-0.2, 0) is 4.79 Å². The van der Waals surface area contributed by atoms with E-state index in [4.69, 9.17) is 0 Å². The van der Waals surface area contributed by atoms with Crippen LogP contribution in [0.5, 0.6) is 0 Å². The van der Waals surface area contributed by atoms with Crippen LogP contribution >= 0.6 is 0 Å². The van der Waals surface area contributed by atoms with Crippen LogP contribution < -0.4 is 6.15 Å². The molecule has 1 fully saturated rings. The first kappa shape index (κ1) is 8.43. The van der Waals surface area contributed by atoms with E-state index in [1.54, 1.807) is 0 Å². The van der Waals surface area contributed by atoms with Gasteiger partial charge in [-0.15, -0.1) is 0 Å². The van der Waals surface area contributed by atoms with E-state index < -0.39 is 0 Å². The highest BCUT2D eigenvalue weighted by Crippen LogP contribution is 2.07. The molecule has 0 bridgehead atoms. The van der Waals surface area contributed by atoms with Gasteiger partial charge in [-0.05, 0) is 13.3 Å². The topological polar surface area (TPSA) is 52.3 Å². The van der Waals surface area contributed by atoms with Crippen molar-refractivity contribution in [3.05, 3.63) is 0 Å². The van der Waals surface area contributed by atoms with Gasteiger partial charge in [-0.3, -0.25) is 4.79 Å². The molecule has 0 atom stereocenters. The van der Waals surface area contributed by atoms with Gasteiger partial charge in [0.2, 0.25) is 5.91 Å². The molecule has 3 nitrogen and oxygen atoms in total. The van der Waals surface area contributed by atoms with Gasteiger partial charge in [0, 0.05) is 19.5 Å². The number of carbonyl (C=O) groups is 1. The van der Waals surface area contributed by atoms with Crippen molar-refractivity contribution in [2.45, 2.75) is 19.8 Å². The van der Waals surface area contributed by atoms with Gasteiger partial charge in [-0.25, -0.2) is 0 Å². The van der Waals surface area contributed by atoms with Crippen molar-refractivity contribution < 1.29 is 4.79 Å². The summed E-state index contributed by atoms with van der Waals surface area (Å²) in [5, 5.41) is 0. The van der Waals surface area contributed by atoms with Crippen molar-refractivity contribution in [1.29, 1.82) is 0 Å². The lowest BCUT2D eigenvalue weighted by Gasteiger charge is -2.10. The van der Waals surface area contributed by atoms with Gasteiger partial charge in [-0.2, -0.15) is 6.15 Å². The Bertz CT molecular complexity index is 103. The lowest BCUT2D eigenvalue weighted by Crippen LogP contribution is -2.23. The molecule has 1 N–H and O–H groups in total. The van der Waals surface area contributed by atoms with Crippen molar-refractivity contribution in [2.24, 2.45) is 0 Å². The van der Waals surface area contributed by atoms with Gasteiger partial charge in [0.05, 0.1) is 0 Å². The zero-order valence-corrected chi connectivity index (χ0v) is 5.68. The highest BCUT2D eigenvalue weighted by atomic mass is 16.2. The highest BCUT2D eigenvalue weighted by Gasteiger charge is 2.16. The minimum absolute atomic E-state index is 0. The Labute approximate surface area is 55.6 Å². The van der Waals surface area contributed by atoms with Crippen LogP contribution in [0.2, 0.25) is 0 Å². The second-order valence-electron chi connectivity index (χ2n) is 2.08. The molecule has 52 valence electrons. The van der Waals surface area contributed by atoms with E-state index in [1.807, 2.05) is 11.8 Å². The van der Waals surface area contributed by atoms with E-state index in [-0.39, 0.29) is 6.15 Å². The van der Waals surface area contributed by atoms with Gasteiger partial charge >= 0.3 is 0 Å². The molecule has 9 heavy (non-hydrogen) atoms. The second kappa shape index (κ2) is 3.45. The molecule has 0 aliphatic carbocycles. The van der Waals surface area contributed by atoms with E-state index in [1.165, 1.54) is 0 Å². The van der Waals surface area contributed by atoms with E-state index in [0.717, 1.165) is 25.9 Å². The molecule has 3 heteroatoms. The third-order valence-corrected chi connectivity index (χ3v) is 1.55. The predicted molar refractivity (Wildman–Crippen MR) is 34.6 cm³/mol. The first-order chi connectivity index (χ1) is 3.84.